The summed E-state index contributed by atoms with van der Waals surface area (Å²) in [5, 5.41) is 10.8. The molecule has 1 aromatic heterocycles. The zero-order valence-electron chi connectivity index (χ0n) is 8.51. The summed E-state index contributed by atoms with van der Waals surface area (Å²) in [5.74, 6) is -1.12. The van der Waals surface area contributed by atoms with Gasteiger partial charge in [0.05, 0.1) is 18.8 Å². The second kappa shape index (κ2) is 4.99. The maximum absolute atomic E-state index is 12.1. The fraction of sp³-hybridized carbons (Fsp3) is 0.556. The van der Waals surface area contributed by atoms with Crippen molar-refractivity contribution in [1.82, 2.24) is 10.3 Å². The van der Waals surface area contributed by atoms with Crippen molar-refractivity contribution in [2.45, 2.75) is 19.6 Å². The first-order valence-corrected chi connectivity index (χ1v) is 4.52. The van der Waals surface area contributed by atoms with E-state index >= 15 is 0 Å². The zero-order valence-corrected chi connectivity index (χ0v) is 8.51. The zero-order chi connectivity index (χ0) is 12.2. The molecule has 0 fully saturated rings. The fourth-order valence-electron chi connectivity index (χ4n) is 1.04. The molecule has 7 heteroatoms. The highest BCUT2D eigenvalue weighted by Gasteiger charge is 2.39. The smallest absolute Gasteiger partial charge is 0.405 e. The number of aryl methyl sites for hydroxylation is 1. The third-order valence-corrected chi connectivity index (χ3v) is 1.84. The van der Waals surface area contributed by atoms with E-state index in [2.05, 4.69) is 10.3 Å². The minimum atomic E-state index is -4.51. The Morgan fingerprint density at radius 2 is 2.31 bits per heavy atom. The topological polar surface area (TPSA) is 61.9 Å². The van der Waals surface area contributed by atoms with Crippen molar-refractivity contribution < 1.29 is 17.6 Å². The van der Waals surface area contributed by atoms with Crippen molar-refractivity contribution in [2.24, 2.45) is 5.92 Å². The van der Waals surface area contributed by atoms with Crippen LogP contribution in [0.2, 0.25) is 0 Å². The van der Waals surface area contributed by atoms with E-state index < -0.39 is 18.6 Å². The summed E-state index contributed by atoms with van der Waals surface area (Å²) in [6, 6.07) is 1.19. The van der Waals surface area contributed by atoms with Crippen molar-refractivity contribution in [2.75, 3.05) is 6.54 Å². The van der Waals surface area contributed by atoms with E-state index in [1.165, 1.54) is 12.3 Å². The van der Waals surface area contributed by atoms with Gasteiger partial charge in [0, 0.05) is 6.54 Å². The number of aromatic nitrogens is 1. The van der Waals surface area contributed by atoms with Gasteiger partial charge in [-0.05, 0) is 6.92 Å². The summed E-state index contributed by atoms with van der Waals surface area (Å²) in [4.78, 5) is 3.81. The second-order valence-corrected chi connectivity index (χ2v) is 3.22. The number of nitrogens with one attached hydrogen (secondary N) is 1. The number of nitrogens with zero attached hydrogens (tertiary/aromatic N) is 2. The summed E-state index contributed by atoms with van der Waals surface area (Å²) in [5.41, 5.74) is 0. The lowest BCUT2D eigenvalue weighted by atomic mass is 10.1. The molecule has 0 spiro atoms. The van der Waals surface area contributed by atoms with Crippen molar-refractivity contribution >= 4 is 0 Å². The van der Waals surface area contributed by atoms with Crippen LogP contribution in [0.3, 0.4) is 0 Å². The molecule has 0 radical (unpaired) electrons. The van der Waals surface area contributed by atoms with Gasteiger partial charge in [-0.15, -0.1) is 0 Å². The molecule has 0 amide bonds. The predicted molar refractivity (Wildman–Crippen MR) is 48.1 cm³/mol. The van der Waals surface area contributed by atoms with Gasteiger partial charge in [-0.1, -0.05) is 0 Å². The van der Waals surface area contributed by atoms with E-state index in [1.807, 2.05) is 0 Å². The monoisotopic (exact) mass is 233 g/mol. The third kappa shape index (κ3) is 3.55. The average molecular weight is 233 g/mol. The highest BCUT2D eigenvalue weighted by molar-refractivity contribution is 4.92. The number of rotatable bonds is 4. The molecule has 1 N–H and O–H groups in total. The Labute approximate surface area is 90.1 Å². The Balaban J connectivity index is 2.38. The first-order chi connectivity index (χ1) is 7.43. The molecule has 1 heterocycles. The number of hydrogen-bond donors (Lipinski definition) is 1. The third-order valence-electron chi connectivity index (χ3n) is 1.84. The molecule has 4 nitrogen and oxygen atoms in total. The number of halogens is 3. The van der Waals surface area contributed by atoms with Crippen molar-refractivity contribution in [1.29, 1.82) is 5.26 Å². The minimum Gasteiger partial charge on any atom is -0.445 e. The van der Waals surface area contributed by atoms with E-state index in [4.69, 9.17) is 9.68 Å². The Hall–Kier alpha value is -1.55. The van der Waals surface area contributed by atoms with Gasteiger partial charge in [0.2, 0.25) is 5.89 Å². The summed E-state index contributed by atoms with van der Waals surface area (Å²) < 4.78 is 41.5. The van der Waals surface area contributed by atoms with Crippen LogP contribution in [0.25, 0.3) is 0 Å². The van der Waals surface area contributed by atoms with Crippen LogP contribution in [0.15, 0.2) is 10.6 Å². The molecule has 0 aliphatic rings. The van der Waals surface area contributed by atoms with Crippen LogP contribution in [-0.2, 0) is 6.54 Å². The number of alkyl halides is 3. The molecule has 0 aliphatic heterocycles. The van der Waals surface area contributed by atoms with Gasteiger partial charge >= 0.3 is 6.18 Å². The Kier molecular flexibility index (Phi) is 3.90. The van der Waals surface area contributed by atoms with Crippen LogP contribution >= 0.6 is 0 Å². The summed E-state index contributed by atoms with van der Waals surface area (Å²) in [6.45, 7) is 1.29. The number of oxazole rings is 1. The first kappa shape index (κ1) is 12.5. The predicted octanol–water partition coefficient (Wildman–Crippen LogP) is 1.77. The molecule has 0 saturated carbocycles. The molecule has 16 heavy (non-hydrogen) atoms. The Morgan fingerprint density at radius 3 is 2.75 bits per heavy atom. The van der Waals surface area contributed by atoms with Crippen LogP contribution in [0.4, 0.5) is 13.2 Å². The molecule has 1 aromatic rings. The van der Waals surface area contributed by atoms with Gasteiger partial charge in [-0.25, -0.2) is 4.98 Å². The minimum absolute atomic E-state index is 0.0715. The highest BCUT2D eigenvalue weighted by atomic mass is 19.4. The van der Waals surface area contributed by atoms with E-state index in [9.17, 15) is 13.2 Å². The summed E-state index contributed by atoms with van der Waals surface area (Å²) in [7, 11) is 0. The quantitative estimate of drug-likeness (QED) is 0.860. The largest absolute Gasteiger partial charge is 0.445 e. The van der Waals surface area contributed by atoms with E-state index in [0.29, 0.717) is 11.7 Å². The molecule has 1 rings (SSSR count). The lowest BCUT2D eigenvalue weighted by Gasteiger charge is -2.12. The average Bonchev–Trinajstić information content (AvgIpc) is 2.57. The number of hydrogen-bond acceptors (Lipinski definition) is 4. The maximum Gasteiger partial charge on any atom is 0.405 e. The Bertz CT molecular complexity index is 380. The number of nitriles is 1. The Morgan fingerprint density at radius 1 is 1.62 bits per heavy atom. The molecular formula is C9H10F3N3O. The van der Waals surface area contributed by atoms with Crippen LogP contribution in [0.5, 0.6) is 0 Å². The standard InChI is InChI=1S/C9H10F3N3O/c1-6-3-15-8(16-6)5-14-4-7(2-13)9(10,11)12/h3,7,14H,4-5H2,1H3. The van der Waals surface area contributed by atoms with Crippen LogP contribution in [0.1, 0.15) is 11.7 Å². The van der Waals surface area contributed by atoms with E-state index in [0.717, 1.165) is 0 Å². The molecule has 1 atom stereocenters. The van der Waals surface area contributed by atoms with Crippen molar-refractivity contribution in [3.8, 4) is 6.07 Å². The normalized spacial score (nSPS) is 13.4. The van der Waals surface area contributed by atoms with Gasteiger partial charge in [0.15, 0.2) is 5.92 Å². The lowest BCUT2D eigenvalue weighted by molar-refractivity contribution is -0.157. The van der Waals surface area contributed by atoms with E-state index in [1.54, 1.807) is 6.92 Å². The molecule has 0 saturated heterocycles. The highest BCUT2D eigenvalue weighted by Crippen LogP contribution is 2.24. The van der Waals surface area contributed by atoms with Gasteiger partial charge in [-0.2, -0.15) is 18.4 Å². The van der Waals surface area contributed by atoms with Gasteiger partial charge in [0.1, 0.15) is 5.76 Å². The molecule has 1 unspecified atom stereocenters. The van der Waals surface area contributed by atoms with Crippen LogP contribution in [-0.4, -0.2) is 17.7 Å². The van der Waals surface area contributed by atoms with Crippen molar-refractivity contribution in [3.05, 3.63) is 17.8 Å². The summed E-state index contributed by atoms with van der Waals surface area (Å²) in [6.07, 6.45) is -3.03. The molecule has 0 bridgehead atoms. The first-order valence-electron chi connectivity index (χ1n) is 4.52. The van der Waals surface area contributed by atoms with Gasteiger partial charge in [-0.3, -0.25) is 0 Å². The van der Waals surface area contributed by atoms with E-state index in [-0.39, 0.29) is 6.54 Å². The maximum atomic E-state index is 12.1. The van der Waals surface area contributed by atoms with Gasteiger partial charge in [0.25, 0.3) is 0 Å². The fourth-order valence-corrected chi connectivity index (χ4v) is 1.04. The molecular weight excluding hydrogens is 223 g/mol. The van der Waals surface area contributed by atoms with Crippen LogP contribution in [0, 0.1) is 24.2 Å². The molecule has 0 aliphatic carbocycles. The SMILES string of the molecule is Cc1cnc(CNCC(C#N)C(F)(F)F)o1. The van der Waals surface area contributed by atoms with Gasteiger partial charge < -0.3 is 9.73 Å². The molecule has 0 aromatic carbocycles. The summed E-state index contributed by atoms with van der Waals surface area (Å²) >= 11 is 0. The molecule has 88 valence electrons. The second-order valence-electron chi connectivity index (χ2n) is 3.22. The lowest BCUT2D eigenvalue weighted by Crippen LogP contribution is -2.32. The van der Waals surface area contributed by atoms with Crippen molar-refractivity contribution in [3.63, 3.8) is 0 Å². The van der Waals surface area contributed by atoms with Crippen LogP contribution < -0.4 is 5.32 Å².